The summed E-state index contributed by atoms with van der Waals surface area (Å²) in [4.78, 5) is 7.69. The molecule has 0 aliphatic heterocycles. The number of rotatable bonds is 8. The number of nitrogens with zero attached hydrogens (tertiary/aromatic N) is 4. The number of hydrogen-bond acceptors (Lipinski definition) is 0. The van der Waals surface area contributed by atoms with Crippen molar-refractivity contribution < 1.29 is 13.2 Å². The molecule has 2 heterocycles. The molecule has 4 nitrogen and oxygen atoms in total. The number of aryl methyl sites for hydroxylation is 4. The van der Waals surface area contributed by atoms with Crippen molar-refractivity contribution in [3.05, 3.63) is 275 Å². The van der Waals surface area contributed by atoms with Gasteiger partial charge in [0, 0.05) is 32.7 Å². The van der Waals surface area contributed by atoms with E-state index in [-0.39, 0.29) is 5.69 Å². The van der Waals surface area contributed by atoms with E-state index in [4.69, 9.17) is 13.1 Å². The van der Waals surface area contributed by atoms with Crippen LogP contribution >= 0.6 is 0 Å². The second-order valence-electron chi connectivity index (χ2n) is 21.0. The van der Waals surface area contributed by atoms with Gasteiger partial charge in [-0.25, -0.2) is 9.69 Å². The Hall–Kier alpha value is -10.2. The van der Waals surface area contributed by atoms with Crippen LogP contribution in [0.1, 0.15) is 27.8 Å². The zero-order chi connectivity index (χ0) is 55.0. The lowest BCUT2D eigenvalue weighted by molar-refractivity contribution is -0.137. The van der Waals surface area contributed by atoms with Gasteiger partial charge in [-0.3, -0.25) is 0 Å². The van der Waals surface area contributed by atoms with E-state index >= 15 is 0 Å². The van der Waals surface area contributed by atoms with Crippen LogP contribution < -0.4 is 0 Å². The SMILES string of the molecule is [C-]#[N+]c1ccc(-n2c3ccc(-c4cccc(C)c4)cc3c3cc(-c4cccc(C)c4)ccc32)c(-c2ccc(-c3ccc(C(F)(F)F)cc3[N+]#[C-])cc2-n2c3ccc(-c4cccc(C)c4)cc3c3cc(-c4cccc(C)c4)ccc32)c1. The molecular formula is C73H49F3N4. The van der Waals surface area contributed by atoms with Gasteiger partial charge < -0.3 is 9.13 Å². The summed E-state index contributed by atoms with van der Waals surface area (Å²) in [5, 5.41) is 4.14. The lowest BCUT2D eigenvalue weighted by Crippen LogP contribution is -2.04. The Morgan fingerprint density at radius 1 is 0.325 bits per heavy atom. The Morgan fingerprint density at radius 3 is 1.10 bits per heavy atom. The Bertz CT molecular complexity index is 4580. The highest BCUT2D eigenvalue weighted by Gasteiger charge is 2.31. The van der Waals surface area contributed by atoms with Gasteiger partial charge in [-0.1, -0.05) is 174 Å². The van der Waals surface area contributed by atoms with Crippen molar-refractivity contribution in [2.24, 2.45) is 0 Å². The number of halogens is 3. The fraction of sp³-hybridized carbons (Fsp3) is 0.0685. The van der Waals surface area contributed by atoms with Gasteiger partial charge in [0.1, 0.15) is 0 Å². The number of alkyl halides is 3. The van der Waals surface area contributed by atoms with Crippen LogP contribution in [-0.4, -0.2) is 9.13 Å². The van der Waals surface area contributed by atoms with Crippen LogP contribution in [0.3, 0.4) is 0 Å². The average molecular weight is 1040 g/mol. The number of benzene rings is 11. The lowest BCUT2D eigenvalue weighted by atomic mass is 9.94. The van der Waals surface area contributed by atoms with Crippen LogP contribution in [0.25, 0.3) is 131 Å². The van der Waals surface area contributed by atoms with Gasteiger partial charge in [0.25, 0.3) is 0 Å². The molecule has 0 saturated heterocycles. The van der Waals surface area contributed by atoms with E-state index in [0.717, 1.165) is 134 Å². The zero-order valence-corrected chi connectivity index (χ0v) is 44.3. The van der Waals surface area contributed by atoms with Gasteiger partial charge in [0.15, 0.2) is 11.4 Å². The van der Waals surface area contributed by atoms with E-state index in [1.54, 1.807) is 0 Å². The predicted molar refractivity (Wildman–Crippen MR) is 324 cm³/mol. The molecule has 0 aliphatic rings. The monoisotopic (exact) mass is 1040 g/mol. The fourth-order valence-electron chi connectivity index (χ4n) is 11.7. The summed E-state index contributed by atoms with van der Waals surface area (Å²) < 4.78 is 47.3. The van der Waals surface area contributed by atoms with Gasteiger partial charge in [-0.15, -0.1) is 0 Å². The number of aromatic nitrogens is 2. The molecule has 0 aliphatic carbocycles. The predicted octanol–water partition coefficient (Wildman–Crippen LogP) is 21.2. The van der Waals surface area contributed by atoms with Crippen LogP contribution in [0.15, 0.2) is 224 Å². The Morgan fingerprint density at radius 2 is 0.713 bits per heavy atom. The lowest BCUT2D eigenvalue weighted by Gasteiger charge is -2.21. The highest BCUT2D eigenvalue weighted by Crippen LogP contribution is 2.47. The van der Waals surface area contributed by atoms with Crippen LogP contribution in [0, 0.1) is 40.8 Å². The van der Waals surface area contributed by atoms with Crippen molar-refractivity contribution in [3.8, 4) is 78.1 Å². The molecule has 0 atom stereocenters. The normalized spacial score (nSPS) is 11.7. The molecule has 0 bridgehead atoms. The standard InChI is InChI=1S/C73H49F3N4/c1-44-11-7-15-48(33-44)52-20-28-67-61(37-52)62-38-53(49-16-8-12-45(2)34-49)21-29-68(62)79(67)71-32-25-58(77-5)43-65(71)60-26-19-56(59-27-24-57(73(74,75)76)42-66(59)78-6)41-72(60)80-69-30-22-54(50-17-9-13-46(3)35-50)39-63(69)64-40-55(23-31-70(64)80)51-18-10-14-47(4)36-51/h7-43H,1-4H3. The summed E-state index contributed by atoms with van der Waals surface area (Å²) in [6, 6.07) is 75.5. The molecule has 0 radical (unpaired) electrons. The van der Waals surface area contributed by atoms with Crippen LogP contribution in [0.5, 0.6) is 0 Å². The van der Waals surface area contributed by atoms with Crippen molar-refractivity contribution in [1.82, 2.24) is 9.13 Å². The second-order valence-corrected chi connectivity index (χ2v) is 21.0. The average Bonchev–Trinajstić information content (AvgIpc) is 4.13. The molecule has 0 fully saturated rings. The highest BCUT2D eigenvalue weighted by molar-refractivity contribution is 6.14. The number of fused-ring (bicyclic) bond motifs is 6. The first-order valence-electron chi connectivity index (χ1n) is 26.5. The Balaban J connectivity index is 1.12. The summed E-state index contributed by atoms with van der Waals surface area (Å²) in [7, 11) is 0. The number of hydrogen-bond donors (Lipinski definition) is 0. The largest absolute Gasteiger partial charge is 0.415 e. The Kier molecular flexibility index (Phi) is 11.9. The van der Waals surface area contributed by atoms with Gasteiger partial charge in [-0.05, 0) is 162 Å². The van der Waals surface area contributed by atoms with Crippen LogP contribution in [0.4, 0.5) is 24.5 Å². The molecule has 13 rings (SSSR count). The molecule has 7 heteroatoms. The molecule has 382 valence electrons. The molecule has 80 heavy (non-hydrogen) atoms. The molecule has 2 aromatic heterocycles. The first kappa shape index (κ1) is 49.4. The second kappa shape index (κ2) is 19.4. The minimum absolute atomic E-state index is 0.109. The molecule has 0 amide bonds. The van der Waals surface area contributed by atoms with Gasteiger partial charge in [0.2, 0.25) is 0 Å². The van der Waals surface area contributed by atoms with Gasteiger partial charge in [0.05, 0.1) is 46.6 Å². The quantitative estimate of drug-likeness (QED) is 0.135. The molecular weight excluding hydrogens is 990 g/mol. The first-order chi connectivity index (χ1) is 38.8. The van der Waals surface area contributed by atoms with Crippen molar-refractivity contribution >= 4 is 55.0 Å². The first-order valence-corrected chi connectivity index (χ1v) is 26.5. The summed E-state index contributed by atoms with van der Waals surface area (Å²) in [5.41, 5.74) is 20.6. The van der Waals surface area contributed by atoms with E-state index in [1.165, 1.54) is 17.2 Å². The summed E-state index contributed by atoms with van der Waals surface area (Å²) >= 11 is 0. The molecule has 0 spiro atoms. The van der Waals surface area contributed by atoms with Crippen molar-refractivity contribution in [2.75, 3.05) is 0 Å². The van der Waals surface area contributed by atoms with E-state index < -0.39 is 11.7 Å². The van der Waals surface area contributed by atoms with Crippen LogP contribution in [-0.2, 0) is 6.18 Å². The van der Waals surface area contributed by atoms with Gasteiger partial charge in [-0.2, -0.15) is 13.2 Å². The van der Waals surface area contributed by atoms with Crippen LogP contribution in [0.2, 0.25) is 0 Å². The summed E-state index contributed by atoms with van der Waals surface area (Å²) in [6.45, 7) is 25.0. The maximum atomic E-state index is 14.2. The Labute approximate surface area is 462 Å². The fourth-order valence-corrected chi connectivity index (χ4v) is 11.7. The molecule has 0 saturated carbocycles. The van der Waals surface area contributed by atoms with E-state index in [1.807, 2.05) is 36.4 Å². The maximum Gasteiger partial charge on any atom is 0.415 e. The van der Waals surface area contributed by atoms with E-state index in [9.17, 15) is 13.2 Å². The van der Waals surface area contributed by atoms with Crippen molar-refractivity contribution in [1.29, 1.82) is 0 Å². The third-order valence-electron chi connectivity index (χ3n) is 15.6. The molecule has 13 aromatic rings. The topological polar surface area (TPSA) is 18.6 Å². The zero-order valence-electron chi connectivity index (χ0n) is 44.3. The summed E-state index contributed by atoms with van der Waals surface area (Å²) in [5.74, 6) is 0. The summed E-state index contributed by atoms with van der Waals surface area (Å²) in [6.07, 6.45) is -4.63. The molecule has 11 aromatic carbocycles. The van der Waals surface area contributed by atoms with Gasteiger partial charge >= 0.3 is 6.18 Å². The highest BCUT2D eigenvalue weighted by atomic mass is 19.4. The third kappa shape index (κ3) is 8.67. The maximum absolute atomic E-state index is 14.2. The van der Waals surface area contributed by atoms with E-state index in [0.29, 0.717) is 16.8 Å². The molecule has 0 unspecified atom stereocenters. The minimum atomic E-state index is -4.63. The smallest absolute Gasteiger partial charge is 0.309 e. The molecule has 0 N–H and O–H groups in total. The minimum Gasteiger partial charge on any atom is -0.309 e. The van der Waals surface area contributed by atoms with Crippen molar-refractivity contribution in [3.63, 3.8) is 0 Å². The van der Waals surface area contributed by atoms with Crippen molar-refractivity contribution in [2.45, 2.75) is 33.9 Å². The third-order valence-corrected chi connectivity index (χ3v) is 15.6. The van der Waals surface area contributed by atoms with E-state index in [2.05, 4.69) is 216 Å².